The fourth-order valence-corrected chi connectivity index (χ4v) is 5.64. The summed E-state index contributed by atoms with van der Waals surface area (Å²) >= 11 is 1.28. The summed E-state index contributed by atoms with van der Waals surface area (Å²) in [5, 5.41) is 11.8. The Balaban J connectivity index is 1.65. The molecule has 40 heavy (non-hydrogen) atoms. The molecule has 1 unspecified atom stereocenters. The Morgan fingerprint density at radius 2 is 1.60 bits per heavy atom. The number of aliphatic hydroxyl groups excluding tert-OH is 1. The fraction of sp³-hybridized carbons (Fsp3) is 0.258. The summed E-state index contributed by atoms with van der Waals surface area (Å²) in [7, 11) is 0. The minimum Gasteiger partial charge on any atom is -0.507 e. The van der Waals surface area contributed by atoms with E-state index in [9.17, 15) is 14.7 Å². The van der Waals surface area contributed by atoms with Crippen molar-refractivity contribution >= 4 is 44.1 Å². The predicted molar refractivity (Wildman–Crippen MR) is 155 cm³/mol. The molecule has 1 atom stereocenters. The highest BCUT2D eigenvalue weighted by Crippen LogP contribution is 2.45. The second-order valence-corrected chi connectivity index (χ2v) is 10.1. The molecule has 5 rings (SSSR count). The average molecular weight is 559 g/mol. The monoisotopic (exact) mass is 558 g/mol. The molecular formula is C31H30N2O6S. The minimum atomic E-state index is -0.913. The quantitative estimate of drug-likeness (QED) is 0.135. The number of aromatic nitrogens is 1. The molecule has 2 heterocycles. The summed E-state index contributed by atoms with van der Waals surface area (Å²) in [4.78, 5) is 33.2. The third-order valence-electron chi connectivity index (χ3n) is 6.40. The van der Waals surface area contributed by atoms with Crippen molar-refractivity contribution in [1.82, 2.24) is 4.98 Å². The summed E-state index contributed by atoms with van der Waals surface area (Å²) in [6.07, 6.45) is 0.829. The van der Waals surface area contributed by atoms with Gasteiger partial charge in [0.25, 0.3) is 5.78 Å². The molecule has 8 nitrogen and oxygen atoms in total. The van der Waals surface area contributed by atoms with Crippen molar-refractivity contribution in [1.29, 1.82) is 0 Å². The SMILES string of the molecule is CCCOc1cccc(C2/C(=C(\O)c3ccc(OCC)cc3)C(=O)C(=O)N2c2nc3ccc(OCC)cc3s2)c1. The average Bonchev–Trinajstić information content (AvgIpc) is 3.50. The smallest absolute Gasteiger partial charge is 0.301 e. The summed E-state index contributed by atoms with van der Waals surface area (Å²) in [6, 6.07) is 18.6. The third-order valence-corrected chi connectivity index (χ3v) is 7.41. The van der Waals surface area contributed by atoms with Gasteiger partial charge in [-0.2, -0.15) is 0 Å². The van der Waals surface area contributed by atoms with Gasteiger partial charge in [0.15, 0.2) is 5.13 Å². The summed E-state index contributed by atoms with van der Waals surface area (Å²) in [6.45, 7) is 7.35. The molecule has 9 heteroatoms. The molecule has 1 aliphatic heterocycles. The number of benzene rings is 3. The topological polar surface area (TPSA) is 98.2 Å². The molecule has 206 valence electrons. The van der Waals surface area contributed by atoms with Crippen LogP contribution in [0.4, 0.5) is 5.13 Å². The normalized spacial score (nSPS) is 16.5. The van der Waals surface area contributed by atoms with Gasteiger partial charge in [-0.3, -0.25) is 14.5 Å². The van der Waals surface area contributed by atoms with Crippen LogP contribution in [0.5, 0.6) is 17.2 Å². The molecule has 1 aromatic heterocycles. The zero-order chi connectivity index (χ0) is 28.2. The van der Waals surface area contributed by atoms with E-state index in [1.807, 2.05) is 57.2 Å². The standard InChI is InChI=1S/C31H30N2O6S/c1-4-16-39-22-9-7-8-20(17-22)27-26(28(34)19-10-12-21(13-11-19)37-5-2)29(35)30(36)33(27)31-32-24-15-14-23(38-6-3)18-25(24)40-31/h7-15,17-18,27,34H,4-6,16H2,1-3H3/b28-26+. The highest BCUT2D eigenvalue weighted by molar-refractivity contribution is 7.22. The minimum absolute atomic E-state index is 0.0175. The van der Waals surface area contributed by atoms with E-state index < -0.39 is 17.7 Å². The van der Waals surface area contributed by atoms with Gasteiger partial charge >= 0.3 is 5.91 Å². The number of nitrogens with zero attached hydrogens (tertiary/aromatic N) is 2. The second kappa shape index (κ2) is 11.8. The first kappa shape index (κ1) is 27.2. The summed E-state index contributed by atoms with van der Waals surface area (Å²) in [5.74, 6) is 0.120. The second-order valence-electron chi connectivity index (χ2n) is 9.11. The van der Waals surface area contributed by atoms with Gasteiger partial charge in [0.2, 0.25) is 0 Å². The molecule has 0 radical (unpaired) electrons. The lowest BCUT2D eigenvalue weighted by molar-refractivity contribution is -0.132. The van der Waals surface area contributed by atoms with Gasteiger partial charge in [-0.1, -0.05) is 30.4 Å². The molecular weight excluding hydrogens is 528 g/mol. The number of thiazole rings is 1. The number of hydrogen-bond acceptors (Lipinski definition) is 8. The molecule has 0 saturated carbocycles. The highest BCUT2D eigenvalue weighted by atomic mass is 32.1. The van der Waals surface area contributed by atoms with E-state index in [2.05, 4.69) is 0 Å². The van der Waals surface area contributed by atoms with Crippen LogP contribution in [0.1, 0.15) is 44.4 Å². The first-order valence-electron chi connectivity index (χ1n) is 13.3. The zero-order valence-corrected chi connectivity index (χ0v) is 23.4. The number of rotatable bonds is 10. The van der Waals surface area contributed by atoms with Crippen molar-refractivity contribution in [2.75, 3.05) is 24.7 Å². The lowest BCUT2D eigenvalue weighted by atomic mass is 9.95. The summed E-state index contributed by atoms with van der Waals surface area (Å²) < 4.78 is 17.8. The number of carbonyl (C=O) groups is 2. The summed E-state index contributed by atoms with van der Waals surface area (Å²) in [5.41, 5.74) is 1.68. The van der Waals surface area contributed by atoms with Crippen molar-refractivity contribution in [3.05, 3.63) is 83.4 Å². The zero-order valence-electron chi connectivity index (χ0n) is 22.5. The Labute approximate surface area is 236 Å². The van der Waals surface area contributed by atoms with Crippen LogP contribution in [0.2, 0.25) is 0 Å². The van der Waals surface area contributed by atoms with E-state index >= 15 is 0 Å². The third kappa shape index (κ3) is 5.24. The Hall–Kier alpha value is -4.37. The van der Waals surface area contributed by atoms with Crippen LogP contribution in [-0.4, -0.2) is 41.6 Å². The van der Waals surface area contributed by atoms with Crippen molar-refractivity contribution in [2.24, 2.45) is 0 Å². The first-order chi connectivity index (χ1) is 19.4. The molecule has 1 saturated heterocycles. The van der Waals surface area contributed by atoms with Crippen molar-refractivity contribution in [3.63, 3.8) is 0 Å². The predicted octanol–water partition coefficient (Wildman–Crippen LogP) is 6.51. The highest BCUT2D eigenvalue weighted by Gasteiger charge is 2.48. The number of Topliss-reactive ketones (excluding diaryl/α,β-unsaturated/α-hetero) is 1. The van der Waals surface area contributed by atoms with Crippen LogP contribution in [0.3, 0.4) is 0 Å². The van der Waals surface area contributed by atoms with Crippen molar-refractivity contribution < 1.29 is 28.9 Å². The lowest BCUT2D eigenvalue weighted by Gasteiger charge is -2.23. The van der Waals surface area contributed by atoms with Crippen LogP contribution in [0.25, 0.3) is 16.0 Å². The van der Waals surface area contributed by atoms with Crippen LogP contribution in [-0.2, 0) is 9.59 Å². The Morgan fingerprint density at radius 3 is 2.33 bits per heavy atom. The molecule has 0 aliphatic carbocycles. The molecule has 1 aliphatic rings. The van der Waals surface area contributed by atoms with Gasteiger partial charge in [0, 0.05) is 5.56 Å². The first-order valence-corrected chi connectivity index (χ1v) is 14.1. The van der Waals surface area contributed by atoms with E-state index in [-0.39, 0.29) is 11.3 Å². The number of anilines is 1. The maximum Gasteiger partial charge on any atom is 0.301 e. The van der Waals surface area contributed by atoms with Crippen molar-refractivity contribution in [3.8, 4) is 17.2 Å². The number of ketones is 1. The molecule has 1 amide bonds. The van der Waals surface area contributed by atoms with E-state index in [4.69, 9.17) is 19.2 Å². The fourth-order valence-electron chi connectivity index (χ4n) is 4.62. The van der Waals surface area contributed by atoms with E-state index in [0.29, 0.717) is 58.8 Å². The van der Waals surface area contributed by atoms with E-state index in [1.165, 1.54) is 16.2 Å². The lowest BCUT2D eigenvalue weighted by Crippen LogP contribution is -2.29. The van der Waals surface area contributed by atoms with Crippen molar-refractivity contribution in [2.45, 2.75) is 33.2 Å². The van der Waals surface area contributed by atoms with Gasteiger partial charge in [-0.15, -0.1) is 0 Å². The van der Waals surface area contributed by atoms with Crippen LogP contribution < -0.4 is 19.1 Å². The molecule has 1 N–H and O–H groups in total. The van der Waals surface area contributed by atoms with Gasteiger partial charge in [-0.05, 0) is 80.4 Å². The van der Waals surface area contributed by atoms with Crippen LogP contribution >= 0.6 is 11.3 Å². The number of ether oxygens (including phenoxy) is 3. The Bertz CT molecular complexity index is 1580. The maximum absolute atomic E-state index is 13.6. The van der Waals surface area contributed by atoms with Gasteiger partial charge in [0.05, 0.1) is 41.7 Å². The van der Waals surface area contributed by atoms with E-state index in [0.717, 1.165) is 11.1 Å². The number of amides is 1. The van der Waals surface area contributed by atoms with Crippen LogP contribution in [0, 0.1) is 0 Å². The number of carbonyl (C=O) groups excluding carboxylic acids is 2. The number of hydrogen-bond donors (Lipinski definition) is 1. The molecule has 0 bridgehead atoms. The van der Waals surface area contributed by atoms with Gasteiger partial charge in [0.1, 0.15) is 23.0 Å². The van der Waals surface area contributed by atoms with Crippen LogP contribution in [0.15, 0.2) is 72.3 Å². The number of aliphatic hydroxyl groups is 1. The maximum atomic E-state index is 13.6. The molecule has 1 fully saturated rings. The molecule has 4 aromatic rings. The van der Waals surface area contributed by atoms with E-state index in [1.54, 1.807) is 30.3 Å². The van der Waals surface area contributed by atoms with Gasteiger partial charge < -0.3 is 19.3 Å². The largest absolute Gasteiger partial charge is 0.507 e. The Morgan fingerprint density at radius 1 is 0.900 bits per heavy atom. The number of fused-ring (bicyclic) bond motifs is 1. The molecule has 3 aromatic carbocycles. The van der Waals surface area contributed by atoms with Gasteiger partial charge in [-0.25, -0.2) is 4.98 Å². The Kier molecular flexibility index (Phi) is 8.02. The molecule has 0 spiro atoms.